The van der Waals surface area contributed by atoms with E-state index in [9.17, 15) is 4.57 Å². The average molecular weight is 293 g/mol. The molecule has 2 aromatic rings. The Bertz CT molecular complexity index is 603. The average Bonchev–Trinajstić information content (AvgIpc) is 2.84. The number of rotatable bonds is 3. The molecule has 0 aliphatic heterocycles. The zero-order valence-electron chi connectivity index (χ0n) is 10.8. The van der Waals surface area contributed by atoms with Gasteiger partial charge in [0.2, 0.25) is 7.29 Å². The summed E-state index contributed by atoms with van der Waals surface area (Å²) in [5, 5.41) is 3.04. The van der Waals surface area contributed by atoms with Gasteiger partial charge >= 0.3 is 0 Å². The Labute approximate surface area is 116 Å². The summed E-state index contributed by atoms with van der Waals surface area (Å²) < 4.78 is 13.5. The Morgan fingerprint density at radius 2 is 2.16 bits per heavy atom. The number of nitrogens with zero attached hydrogens (tertiary/aromatic N) is 2. The topological polar surface area (TPSA) is 54.9 Å². The monoisotopic (exact) mass is 293 g/mol. The van der Waals surface area contributed by atoms with E-state index in [1.165, 1.54) is 17.7 Å². The first-order chi connectivity index (χ1) is 9.15. The van der Waals surface area contributed by atoms with Crippen molar-refractivity contribution in [3.8, 4) is 0 Å². The van der Waals surface area contributed by atoms with Crippen molar-refractivity contribution in [3.63, 3.8) is 0 Å². The lowest BCUT2D eigenvalue weighted by Gasteiger charge is -2.12. The standard InChI is InChI=1S/C13H16N3OPS/c1-18(17,16-12-8-4-5-9-14-12)13-15-10-6-2-3-7-11(10)19-13/h4-5,8-9H,2-3,6-7H2,1H3,(H,14,16,17)/t18-/m0/s1. The van der Waals surface area contributed by atoms with Crippen molar-refractivity contribution in [1.82, 2.24) is 9.97 Å². The molecule has 0 radical (unpaired) electrons. The van der Waals surface area contributed by atoms with Crippen LogP contribution in [-0.2, 0) is 17.4 Å². The van der Waals surface area contributed by atoms with Gasteiger partial charge in [-0.25, -0.2) is 9.97 Å². The van der Waals surface area contributed by atoms with Gasteiger partial charge in [0.05, 0.1) is 5.69 Å². The third-order valence-electron chi connectivity index (χ3n) is 3.19. The van der Waals surface area contributed by atoms with Crippen LogP contribution in [0.1, 0.15) is 23.4 Å². The van der Waals surface area contributed by atoms with E-state index in [0.29, 0.717) is 5.82 Å². The van der Waals surface area contributed by atoms with Gasteiger partial charge in [0.25, 0.3) is 0 Å². The van der Waals surface area contributed by atoms with Crippen molar-refractivity contribution in [1.29, 1.82) is 0 Å². The van der Waals surface area contributed by atoms with Crippen LogP contribution in [0.4, 0.5) is 5.82 Å². The molecule has 0 saturated heterocycles. The highest BCUT2D eigenvalue weighted by atomic mass is 32.1. The van der Waals surface area contributed by atoms with Crippen LogP contribution in [0.15, 0.2) is 24.4 Å². The lowest BCUT2D eigenvalue weighted by molar-refractivity contribution is 0.587. The van der Waals surface area contributed by atoms with Crippen LogP contribution in [0, 0.1) is 0 Å². The normalized spacial score (nSPS) is 17.5. The Kier molecular flexibility index (Phi) is 3.42. The Balaban J connectivity index is 1.87. The molecule has 0 aromatic carbocycles. The lowest BCUT2D eigenvalue weighted by Crippen LogP contribution is -2.11. The van der Waals surface area contributed by atoms with Crippen LogP contribution in [0.25, 0.3) is 0 Å². The highest BCUT2D eigenvalue weighted by Gasteiger charge is 2.26. The maximum atomic E-state index is 12.8. The molecule has 0 bridgehead atoms. The van der Waals surface area contributed by atoms with Gasteiger partial charge in [0, 0.05) is 17.7 Å². The SMILES string of the molecule is C[P@@](=O)(Nc1ccccn1)c1nc2c(s1)CCCC2. The van der Waals surface area contributed by atoms with Crippen LogP contribution in [-0.4, -0.2) is 16.6 Å². The highest BCUT2D eigenvalue weighted by molar-refractivity contribution is 7.77. The molecule has 19 heavy (non-hydrogen) atoms. The second-order valence-corrected chi connectivity index (χ2v) is 8.71. The molecule has 1 N–H and O–H groups in total. The number of aryl methyl sites for hydroxylation is 2. The molecule has 2 heterocycles. The molecule has 4 nitrogen and oxygen atoms in total. The number of anilines is 1. The Hall–Kier alpha value is -1.19. The van der Waals surface area contributed by atoms with Crippen LogP contribution in [0.5, 0.6) is 0 Å². The van der Waals surface area contributed by atoms with Crippen LogP contribution in [0.3, 0.4) is 0 Å². The molecule has 6 heteroatoms. The van der Waals surface area contributed by atoms with E-state index in [0.717, 1.165) is 23.3 Å². The first-order valence-corrected chi connectivity index (χ1v) is 9.38. The van der Waals surface area contributed by atoms with Gasteiger partial charge in [-0.2, -0.15) is 0 Å². The van der Waals surface area contributed by atoms with E-state index >= 15 is 0 Å². The van der Waals surface area contributed by atoms with Crippen LogP contribution in [0.2, 0.25) is 0 Å². The predicted octanol–water partition coefficient (Wildman–Crippen LogP) is 3.06. The molecule has 1 aliphatic rings. The van der Waals surface area contributed by atoms with Gasteiger partial charge in [-0.05, 0) is 37.8 Å². The molecule has 1 aliphatic carbocycles. The summed E-state index contributed by atoms with van der Waals surface area (Å²) in [6.45, 7) is 1.73. The van der Waals surface area contributed by atoms with E-state index in [4.69, 9.17) is 0 Å². The molecule has 0 unspecified atom stereocenters. The summed E-state index contributed by atoms with van der Waals surface area (Å²) in [4.78, 5) is 10.1. The summed E-state index contributed by atoms with van der Waals surface area (Å²) in [7, 11) is -2.68. The van der Waals surface area contributed by atoms with Gasteiger partial charge in [-0.3, -0.25) is 4.57 Å². The number of pyridine rings is 1. The van der Waals surface area contributed by atoms with E-state index in [-0.39, 0.29) is 0 Å². The maximum absolute atomic E-state index is 12.8. The highest BCUT2D eigenvalue weighted by Crippen LogP contribution is 2.42. The van der Waals surface area contributed by atoms with Gasteiger partial charge in [0.1, 0.15) is 5.82 Å². The fourth-order valence-corrected chi connectivity index (χ4v) is 5.25. The van der Waals surface area contributed by atoms with Crippen molar-refractivity contribution in [2.75, 3.05) is 11.8 Å². The predicted molar refractivity (Wildman–Crippen MR) is 79.8 cm³/mol. The molecular formula is C13H16N3OPS. The van der Waals surface area contributed by atoms with E-state index < -0.39 is 7.29 Å². The molecule has 3 rings (SSSR count). The van der Waals surface area contributed by atoms with E-state index in [1.807, 2.05) is 18.2 Å². The van der Waals surface area contributed by atoms with E-state index in [1.54, 1.807) is 24.2 Å². The second-order valence-electron chi connectivity index (χ2n) is 4.82. The van der Waals surface area contributed by atoms with Gasteiger partial charge in [-0.15, -0.1) is 11.3 Å². The molecule has 0 saturated carbocycles. The largest absolute Gasteiger partial charge is 0.316 e. The third-order valence-corrected chi connectivity index (χ3v) is 6.96. The molecule has 0 spiro atoms. The third kappa shape index (κ3) is 2.72. The minimum atomic E-state index is -2.68. The fraction of sp³-hybridized carbons (Fsp3) is 0.385. The number of fused-ring (bicyclic) bond motifs is 1. The summed E-state index contributed by atoms with van der Waals surface area (Å²) in [5.74, 6) is 0.640. The van der Waals surface area contributed by atoms with Crippen LogP contribution < -0.4 is 9.84 Å². The number of hydrogen-bond donors (Lipinski definition) is 1. The number of hydrogen-bond acceptors (Lipinski definition) is 4. The summed E-state index contributed by atoms with van der Waals surface area (Å²) in [6.07, 6.45) is 6.20. The molecule has 1 atom stereocenters. The van der Waals surface area contributed by atoms with Crippen molar-refractivity contribution >= 4 is 29.2 Å². The van der Waals surface area contributed by atoms with Gasteiger partial charge in [-0.1, -0.05) is 6.07 Å². The fourth-order valence-electron chi connectivity index (χ4n) is 2.22. The second kappa shape index (κ2) is 5.06. The van der Waals surface area contributed by atoms with Crippen molar-refractivity contribution in [2.24, 2.45) is 0 Å². The Morgan fingerprint density at radius 1 is 1.32 bits per heavy atom. The molecule has 0 fully saturated rings. The first kappa shape index (κ1) is 12.8. The minimum absolute atomic E-state index is 0.640. The van der Waals surface area contributed by atoms with Crippen molar-refractivity contribution in [2.45, 2.75) is 25.7 Å². The molecule has 2 aromatic heterocycles. The quantitative estimate of drug-likeness (QED) is 0.884. The zero-order chi connectivity index (χ0) is 13.3. The first-order valence-electron chi connectivity index (χ1n) is 6.41. The summed E-state index contributed by atoms with van der Waals surface area (Å²) >= 11 is 1.60. The molecule has 100 valence electrons. The smallest absolute Gasteiger partial charge is 0.224 e. The lowest BCUT2D eigenvalue weighted by atomic mass is 10.0. The van der Waals surface area contributed by atoms with Crippen molar-refractivity contribution in [3.05, 3.63) is 35.0 Å². The number of nitrogens with one attached hydrogen (secondary N) is 1. The van der Waals surface area contributed by atoms with E-state index in [2.05, 4.69) is 15.1 Å². The number of aromatic nitrogens is 2. The molecular weight excluding hydrogens is 277 g/mol. The van der Waals surface area contributed by atoms with Crippen LogP contribution >= 0.6 is 18.6 Å². The Morgan fingerprint density at radius 3 is 2.89 bits per heavy atom. The summed E-state index contributed by atoms with van der Waals surface area (Å²) in [5.41, 5.74) is 1.15. The summed E-state index contributed by atoms with van der Waals surface area (Å²) in [6, 6.07) is 5.54. The van der Waals surface area contributed by atoms with Gasteiger partial charge in [0.15, 0.2) is 4.75 Å². The zero-order valence-corrected chi connectivity index (χ0v) is 12.5. The van der Waals surface area contributed by atoms with Crippen molar-refractivity contribution < 1.29 is 4.57 Å². The minimum Gasteiger partial charge on any atom is -0.316 e. The molecule has 0 amide bonds. The number of thiazole rings is 1. The van der Waals surface area contributed by atoms with Gasteiger partial charge < -0.3 is 5.09 Å². The maximum Gasteiger partial charge on any atom is 0.224 e.